The summed E-state index contributed by atoms with van der Waals surface area (Å²) in [6.07, 6.45) is 13.2. The molecule has 0 N–H and O–H groups in total. The first-order valence-electron chi connectivity index (χ1n) is 13.6. The summed E-state index contributed by atoms with van der Waals surface area (Å²) in [7, 11) is 3.31. The van der Waals surface area contributed by atoms with E-state index in [0.29, 0.717) is 56.9 Å². The van der Waals surface area contributed by atoms with E-state index in [9.17, 15) is 9.59 Å². The molecular weight excluding hydrogens is 494 g/mol. The molecule has 5 heterocycles. The van der Waals surface area contributed by atoms with Crippen LogP contribution in [0.2, 0.25) is 0 Å². The maximum atomic E-state index is 13.8. The fourth-order valence-electron chi connectivity index (χ4n) is 6.73. The summed E-state index contributed by atoms with van der Waals surface area (Å²) in [5.41, 5.74) is 3.41. The van der Waals surface area contributed by atoms with Crippen molar-refractivity contribution in [2.45, 2.75) is 44.7 Å². The van der Waals surface area contributed by atoms with Crippen LogP contribution >= 0.6 is 0 Å². The van der Waals surface area contributed by atoms with Gasteiger partial charge >= 0.3 is 6.03 Å². The number of rotatable bonds is 4. The van der Waals surface area contributed by atoms with E-state index in [1.807, 2.05) is 69.3 Å². The summed E-state index contributed by atoms with van der Waals surface area (Å²) in [5, 5.41) is 0. The van der Waals surface area contributed by atoms with Crippen LogP contribution in [0.1, 0.15) is 43.7 Å². The molecule has 2 saturated heterocycles. The Morgan fingerprint density at radius 1 is 1.15 bits per heavy atom. The average Bonchev–Trinajstić information content (AvgIpc) is 3.07. The third kappa shape index (κ3) is 3.94. The van der Waals surface area contributed by atoms with E-state index in [1.54, 1.807) is 14.2 Å². The Morgan fingerprint density at radius 3 is 2.67 bits per heavy atom. The first-order valence-corrected chi connectivity index (χ1v) is 13.6. The number of urea groups is 1. The first kappa shape index (κ1) is 25.3. The highest BCUT2D eigenvalue weighted by atomic mass is 16.5. The van der Waals surface area contributed by atoms with E-state index < -0.39 is 5.54 Å². The van der Waals surface area contributed by atoms with Crippen molar-refractivity contribution in [2.24, 2.45) is 4.99 Å². The van der Waals surface area contributed by atoms with Crippen molar-refractivity contribution in [1.29, 1.82) is 0 Å². The number of benzene rings is 1. The van der Waals surface area contributed by atoms with Gasteiger partial charge in [-0.1, -0.05) is 19.1 Å². The molecule has 204 valence electrons. The van der Waals surface area contributed by atoms with Crippen LogP contribution in [0.4, 0.5) is 4.79 Å². The minimum absolute atomic E-state index is 0.0205. The number of carbonyl (C=O) groups excluding carboxylic acids is 2. The standard InChI is InChI=1S/C30H35N5O4/c1-5-35-29(37)34-19-21-15-23(38-3)16-24(39-4)27(21)20(2)14-25(34)30(35)9-12-32(13-10-30)28(36)22-17-31-26-8-6-7-11-33(26)18-22/h6-8,11,14-16,18,20H,5,9-10,12-13,17,19H2,1-4H3. The predicted octanol–water partition coefficient (Wildman–Crippen LogP) is 4.01. The van der Waals surface area contributed by atoms with Crippen LogP contribution in [0.3, 0.4) is 0 Å². The number of allylic oxidation sites excluding steroid dienone is 3. The van der Waals surface area contributed by atoms with Crippen molar-refractivity contribution in [1.82, 2.24) is 19.6 Å². The Hall–Kier alpha value is -4.01. The Morgan fingerprint density at radius 2 is 1.95 bits per heavy atom. The summed E-state index contributed by atoms with van der Waals surface area (Å²) in [6, 6.07) is 3.94. The van der Waals surface area contributed by atoms with Gasteiger partial charge in [0.25, 0.3) is 5.91 Å². The molecule has 2 fully saturated rings. The fourth-order valence-corrected chi connectivity index (χ4v) is 6.73. The summed E-state index contributed by atoms with van der Waals surface area (Å²) in [5.74, 6) is 2.40. The maximum Gasteiger partial charge on any atom is 0.325 e. The van der Waals surface area contributed by atoms with E-state index in [4.69, 9.17) is 9.47 Å². The van der Waals surface area contributed by atoms with Gasteiger partial charge in [-0.2, -0.15) is 0 Å². The molecule has 0 radical (unpaired) electrons. The first-order chi connectivity index (χ1) is 18.9. The zero-order chi connectivity index (χ0) is 27.3. The smallest absolute Gasteiger partial charge is 0.325 e. The second-order valence-electron chi connectivity index (χ2n) is 10.6. The lowest BCUT2D eigenvalue weighted by Gasteiger charge is -2.44. The number of likely N-dealkylation sites (tertiary alicyclic amines) is 1. The quantitative estimate of drug-likeness (QED) is 0.589. The van der Waals surface area contributed by atoms with Crippen LogP contribution in [-0.4, -0.2) is 83.3 Å². The van der Waals surface area contributed by atoms with Gasteiger partial charge in [0.05, 0.1) is 38.4 Å². The van der Waals surface area contributed by atoms with Crippen LogP contribution in [0.25, 0.3) is 0 Å². The molecule has 1 atom stereocenters. The number of amidine groups is 1. The molecule has 9 heteroatoms. The third-order valence-corrected chi connectivity index (χ3v) is 8.64. The number of hydrogen-bond donors (Lipinski definition) is 0. The van der Waals surface area contributed by atoms with Gasteiger partial charge in [0.15, 0.2) is 0 Å². The SMILES string of the molecule is CCN1C(=O)N2Cc3cc(OC)cc(OC)c3C(C)C=C2C12CCN(C(=O)C1=CN3C=CC=CC3=NC1)CC2. The Labute approximate surface area is 229 Å². The Bertz CT molecular complexity index is 1370. The molecule has 3 amide bonds. The van der Waals surface area contributed by atoms with Gasteiger partial charge in [0.1, 0.15) is 17.3 Å². The topological polar surface area (TPSA) is 77.9 Å². The molecule has 0 aliphatic carbocycles. The van der Waals surface area contributed by atoms with E-state index in [1.165, 1.54) is 0 Å². The summed E-state index contributed by atoms with van der Waals surface area (Å²) >= 11 is 0. The van der Waals surface area contributed by atoms with Gasteiger partial charge in [-0.25, -0.2) is 4.79 Å². The molecule has 1 aromatic rings. The lowest BCUT2D eigenvalue weighted by molar-refractivity contribution is -0.129. The Balaban J connectivity index is 1.28. The summed E-state index contributed by atoms with van der Waals surface area (Å²) < 4.78 is 11.3. The highest BCUT2D eigenvalue weighted by Crippen LogP contribution is 2.49. The van der Waals surface area contributed by atoms with E-state index in [0.717, 1.165) is 28.4 Å². The summed E-state index contributed by atoms with van der Waals surface area (Å²) in [4.78, 5) is 39.7. The molecule has 5 aliphatic heterocycles. The number of aliphatic imine (C=N–C) groups is 1. The largest absolute Gasteiger partial charge is 0.497 e. The number of methoxy groups -OCH3 is 2. The lowest BCUT2D eigenvalue weighted by atomic mass is 9.82. The number of amides is 3. The van der Waals surface area contributed by atoms with Crippen molar-refractivity contribution in [2.75, 3.05) is 40.4 Å². The molecule has 0 bridgehead atoms. The van der Waals surface area contributed by atoms with E-state index in [-0.39, 0.29) is 17.9 Å². The molecule has 5 aliphatic rings. The third-order valence-electron chi connectivity index (χ3n) is 8.64. The van der Waals surface area contributed by atoms with Gasteiger partial charge in [-0.15, -0.1) is 0 Å². The minimum atomic E-state index is -0.442. The molecule has 0 aromatic heterocycles. The summed E-state index contributed by atoms with van der Waals surface area (Å²) in [6.45, 7) is 6.81. The van der Waals surface area contributed by atoms with Gasteiger partial charge in [-0.3, -0.25) is 14.7 Å². The number of nitrogens with zero attached hydrogens (tertiary/aromatic N) is 5. The molecule has 39 heavy (non-hydrogen) atoms. The van der Waals surface area contributed by atoms with Gasteiger partial charge < -0.3 is 24.2 Å². The van der Waals surface area contributed by atoms with Crippen molar-refractivity contribution in [3.05, 3.63) is 71.2 Å². The average molecular weight is 530 g/mol. The Kier molecular flexibility index (Phi) is 6.24. The van der Waals surface area contributed by atoms with Gasteiger partial charge in [-0.05, 0) is 43.5 Å². The fraction of sp³-hybridized carbons (Fsp3) is 0.433. The van der Waals surface area contributed by atoms with Crippen LogP contribution in [0.5, 0.6) is 11.5 Å². The molecular formula is C30H35N5O4. The molecule has 9 nitrogen and oxygen atoms in total. The van der Waals surface area contributed by atoms with Crippen molar-refractivity contribution < 1.29 is 19.1 Å². The van der Waals surface area contributed by atoms with E-state index in [2.05, 4.69) is 18.0 Å². The number of likely N-dealkylation sites (N-methyl/N-ethyl adjacent to an activating group) is 1. The maximum absolute atomic E-state index is 13.8. The molecule has 6 rings (SSSR count). The second-order valence-corrected chi connectivity index (χ2v) is 10.6. The number of fused-ring (bicyclic) bond motifs is 4. The predicted molar refractivity (Wildman–Crippen MR) is 148 cm³/mol. The molecule has 1 aromatic carbocycles. The normalized spacial score (nSPS) is 23.0. The zero-order valence-corrected chi connectivity index (χ0v) is 23.0. The van der Waals surface area contributed by atoms with Crippen molar-refractivity contribution in [3.8, 4) is 11.5 Å². The zero-order valence-electron chi connectivity index (χ0n) is 23.0. The van der Waals surface area contributed by atoms with Gasteiger partial charge in [0.2, 0.25) is 0 Å². The van der Waals surface area contributed by atoms with Crippen LogP contribution in [0.15, 0.2) is 65.1 Å². The number of carbonyl (C=O) groups is 2. The van der Waals surface area contributed by atoms with E-state index >= 15 is 0 Å². The van der Waals surface area contributed by atoms with Crippen LogP contribution in [-0.2, 0) is 11.3 Å². The number of piperidine rings is 1. The number of hydrogen-bond acceptors (Lipinski definition) is 6. The number of ether oxygens (including phenoxy) is 2. The molecule has 1 unspecified atom stereocenters. The highest BCUT2D eigenvalue weighted by Gasteiger charge is 2.55. The van der Waals surface area contributed by atoms with Crippen LogP contribution < -0.4 is 9.47 Å². The van der Waals surface area contributed by atoms with Gasteiger partial charge in [0, 0.05) is 55.3 Å². The molecule has 1 spiro atoms. The monoisotopic (exact) mass is 529 g/mol. The highest BCUT2D eigenvalue weighted by molar-refractivity contribution is 6.01. The van der Waals surface area contributed by atoms with Crippen molar-refractivity contribution in [3.63, 3.8) is 0 Å². The minimum Gasteiger partial charge on any atom is -0.497 e. The second kappa shape index (κ2) is 9.63. The lowest BCUT2D eigenvalue weighted by Crippen LogP contribution is -2.55. The molecule has 0 saturated carbocycles. The van der Waals surface area contributed by atoms with Crippen LogP contribution in [0, 0.1) is 0 Å². The van der Waals surface area contributed by atoms with Crippen molar-refractivity contribution >= 4 is 17.8 Å².